The standard InChI is InChI=1S/C24H26N2O2/c1-2-5-21-18-19(8-9-20(21)4-1)10-11-25-12-14-26(15-13-25)22-6-3-7-23-24(22)28-17-16-27-23/h1-9,18H,10-17H2. The lowest BCUT2D eigenvalue weighted by Crippen LogP contribution is -2.47. The van der Waals surface area contributed by atoms with Crippen LogP contribution in [0, 0.1) is 0 Å². The molecule has 0 radical (unpaired) electrons. The Labute approximate surface area is 166 Å². The number of hydrogen-bond acceptors (Lipinski definition) is 4. The van der Waals surface area contributed by atoms with Gasteiger partial charge in [0.15, 0.2) is 11.5 Å². The molecule has 4 heteroatoms. The van der Waals surface area contributed by atoms with Crippen LogP contribution in [-0.2, 0) is 6.42 Å². The molecular weight excluding hydrogens is 348 g/mol. The zero-order valence-electron chi connectivity index (χ0n) is 16.1. The van der Waals surface area contributed by atoms with Crippen LogP contribution >= 0.6 is 0 Å². The molecule has 0 N–H and O–H groups in total. The van der Waals surface area contributed by atoms with Crippen molar-refractivity contribution in [1.29, 1.82) is 0 Å². The molecule has 3 aromatic carbocycles. The molecule has 144 valence electrons. The number of nitrogens with zero attached hydrogens (tertiary/aromatic N) is 2. The van der Waals surface area contributed by atoms with Crippen LogP contribution in [0.2, 0.25) is 0 Å². The second-order valence-corrected chi connectivity index (χ2v) is 7.56. The van der Waals surface area contributed by atoms with Crippen LogP contribution in [0.3, 0.4) is 0 Å². The summed E-state index contributed by atoms with van der Waals surface area (Å²) in [6.45, 7) is 6.60. The van der Waals surface area contributed by atoms with E-state index in [2.05, 4.69) is 64.4 Å². The van der Waals surface area contributed by atoms with Gasteiger partial charge in [-0.2, -0.15) is 0 Å². The van der Waals surface area contributed by atoms with Crippen LogP contribution in [0.25, 0.3) is 10.8 Å². The highest BCUT2D eigenvalue weighted by Gasteiger charge is 2.23. The minimum Gasteiger partial charge on any atom is -0.486 e. The molecule has 2 aliphatic heterocycles. The minimum absolute atomic E-state index is 0.635. The highest BCUT2D eigenvalue weighted by atomic mass is 16.6. The van der Waals surface area contributed by atoms with Gasteiger partial charge in [-0.3, -0.25) is 4.90 Å². The van der Waals surface area contributed by atoms with E-state index in [1.807, 2.05) is 6.07 Å². The fourth-order valence-corrected chi connectivity index (χ4v) is 4.20. The molecule has 1 fully saturated rings. The number of ether oxygens (including phenoxy) is 2. The van der Waals surface area contributed by atoms with Crippen molar-refractivity contribution in [2.75, 3.05) is 50.8 Å². The second kappa shape index (κ2) is 7.72. The Morgan fingerprint density at radius 3 is 2.46 bits per heavy atom. The highest BCUT2D eigenvalue weighted by molar-refractivity contribution is 5.83. The SMILES string of the molecule is c1cc2c(c(N3CCN(CCc4ccc5ccccc5c4)CC3)c1)OCCO2. The minimum atomic E-state index is 0.635. The lowest BCUT2D eigenvalue weighted by molar-refractivity contribution is 0.171. The summed E-state index contributed by atoms with van der Waals surface area (Å²) < 4.78 is 11.6. The molecule has 0 amide bonds. The Balaban J connectivity index is 1.19. The summed E-state index contributed by atoms with van der Waals surface area (Å²) >= 11 is 0. The third-order valence-electron chi connectivity index (χ3n) is 5.79. The summed E-state index contributed by atoms with van der Waals surface area (Å²) in [6, 6.07) is 21.6. The van der Waals surface area contributed by atoms with Gasteiger partial charge in [0, 0.05) is 32.7 Å². The zero-order chi connectivity index (χ0) is 18.8. The van der Waals surface area contributed by atoms with Crippen LogP contribution in [0.1, 0.15) is 5.56 Å². The van der Waals surface area contributed by atoms with Crippen LogP contribution in [0.4, 0.5) is 5.69 Å². The predicted molar refractivity (Wildman–Crippen MR) is 114 cm³/mol. The zero-order valence-corrected chi connectivity index (χ0v) is 16.1. The topological polar surface area (TPSA) is 24.9 Å². The third-order valence-corrected chi connectivity index (χ3v) is 5.79. The largest absolute Gasteiger partial charge is 0.486 e. The number of para-hydroxylation sites is 1. The summed E-state index contributed by atoms with van der Waals surface area (Å²) in [6.07, 6.45) is 1.10. The molecule has 0 atom stereocenters. The number of piperazine rings is 1. The first-order valence-electron chi connectivity index (χ1n) is 10.2. The summed E-state index contributed by atoms with van der Waals surface area (Å²) in [7, 11) is 0. The van der Waals surface area contributed by atoms with Crippen molar-refractivity contribution in [3.05, 3.63) is 66.2 Å². The Morgan fingerprint density at radius 1 is 0.750 bits per heavy atom. The lowest BCUT2D eigenvalue weighted by atomic mass is 10.0. The van der Waals surface area contributed by atoms with Crippen molar-refractivity contribution in [2.24, 2.45) is 0 Å². The van der Waals surface area contributed by atoms with Gasteiger partial charge in [-0.25, -0.2) is 0 Å². The third kappa shape index (κ3) is 3.52. The van der Waals surface area contributed by atoms with E-state index in [1.54, 1.807) is 0 Å². The van der Waals surface area contributed by atoms with Gasteiger partial charge in [-0.05, 0) is 34.9 Å². The quantitative estimate of drug-likeness (QED) is 0.690. The van der Waals surface area contributed by atoms with Gasteiger partial charge in [0.1, 0.15) is 13.2 Å². The first-order chi connectivity index (χ1) is 13.9. The van der Waals surface area contributed by atoms with E-state index in [0.717, 1.165) is 50.6 Å². The second-order valence-electron chi connectivity index (χ2n) is 7.56. The Bertz CT molecular complexity index is 964. The maximum atomic E-state index is 5.89. The number of anilines is 1. The summed E-state index contributed by atoms with van der Waals surface area (Å²) in [5.74, 6) is 1.79. The van der Waals surface area contributed by atoms with Crippen molar-refractivity contribution in [1.82, 2.24) is 4.90 Å². The maximum Gasteiger partial charge on any atom is 0.184 e. The molecule has 0 unspecified atom stereocenters. The van der Waals surface area contributed by atoms with E-state index in [0.29, 0.717) is 13.2 Å². The molecule has 4 nitrogen and oxygen atoms in total. The average Bonchev–Trinajstić information content (AvgIpc) is 2.77. The fraction of sp³-hybridized carbons (Fsp3) is 0.333. The van der Waals surface area contributed by atoms with E-state index in [1.165, 1.54) is 22.0 Å². The van der Waals surface area contributed by atoms with Crippen molar-refractivity contribution in [2.45, 2.75) is 6.42 Å². The molecule has 2 heterocycles. The molecule has 0 spiro atoms. The van der Waals surface area contributed by atoms with Gasteiger partial charge in [0.25, 0.3) is 0 Å². The van der Waals surface area contributed by atoms with E-state index in [9.17, 15) is 0 Å². The van der Waals surface area contributed by atoms with Gasteiger partial charge in [0.2, 0.25) is 0 Å². The molecule has 2 aliphatic rings. The first-order valence-corrected chi connectivity index (χ1v) is 10.2. The van der Waals surface area contributed by atoms with Gasteiger partial charge in [-0.1, -0.05) is 48.5 Å². The molecule has 0 aliphatic carbocycles. The molecule has 1 saturated heterocycles. The molecule has 5 rings (SSSR count). The fourth-order valence-electron chi connectivity index (χ4n) is 4.20. The smallest absolute Gasteiger partial charge is 0.184 e. The lowest BCUT2D eigenvalue weighted by Gasteiger charge is -2.37. The predicted octanol–water partition coefficient (Wildman–Crippen LogP) is 3.98. The number of hydrogen-bond donors (Lipinski definition) is 0. The summed E-state index contributed by atoms with van der Waals surface area (Å²) in [5, 5.41) is 2.65. The Kier molecular flexibility index (Phi) is 4.79. The Hall–Kier alpha value is -2.72. The Morgan fingerprint density at radius 2 is 1.57 bits per heavy atom. The van der Waals surface area contributed by atoms with Crippen LogP contribution in [-0.4, -0.2) is 50.8 Å². The van der Waals surface area contributed by atoms with Crippen molar-refractivity contribution < 1.29 is 9.47 Å². The number of rotatable bonds is 4. The van der Waals surface area contributed by atoms with Crippen LogP contribution in [0.15, 0.2) is 60.7 Å². The molecule has 28 heavy (non-hydrogen) atoms. The highest BCUT2D eigenvalue weighted by Crippen LogP contribution is 2.39. The summed E-state index contributed by atoms with van der Waals surface area (Å²) in [5.41, 5.74) is 2.59. The van der Waals surface area contributed by atoms with Gasteiger partial charge in [-0.15, -0.1) is 0 Å². The normalized spacial score (nSPS) is 17.1. The molecule has 0 bridgehead atoms. The summed E-state index contributed by atoms with van der Waals surface area (Å²) in [4.78, 5) is 5.00. The number of benzene rings is 3. The van der Waals surface area contributed by atoms with Crippen molar-refractivity contribution in [3.63, 3.8) is 0 Å². The monoisotopic (exact) mass is 374 g/mol. The van der Waals surface area contributed by atoms with Crippen LogP contribution < -0.4 is 14.4 Å². The van der Waals surface area contributed by atoms with E-state index in [-0.39, 0.29) is 0 Å². The van der Waals surface area contributed by atoms with E-state index in [4.69, 9.17) is 9.47 Å². The average molecular weight is 374 g/mol. The van der Waals surface area contributed by atoms with Gasteiger partial charge >= 0.3 is 0 Å². The van der Waals surface area contributed by atoms with E-state index < -0.39 is 0 Å². The van der Waals surface area contributed by atoms with Gasteiger partial charge in [0.05, 0.1) is 5.69 Å². The van der Waals surface area contributed by atoms with Crippen molar-refractivity contribution in [3.8, 4) is 11.5 Å². The molecule has 0 aromatic heterocycles. The van der Waals surface area contributed by atoms with Crippen molar-refractivity contribution >= 4 is 16.5 Å². The van der Waals surface area contributed by atoms with Crippen LogP contribution in [0.5, 0.6) is 11.5 Å². The first kappa shape index (κ1) is 17.4. The molecule has 0 saturated carbocycles. The molecule has 3 aromatic rings. The van der Waals surface area contributed by atoms with Gasteiger partial charge < -0.3 is 14.4 Å². The van der Waals surface area contributed by atoms with E-state index >= 15 is 0 Å². The number of fused-ring (bicyclic) bond motifs is 2. The maximum absolute atomic E-state index is 5.89. The molecular formula is C24H26N2O2.